The molecule has 108 valence electrons. The van der Waals surface area contributed by atoms with Gasteiger partial charge in [0.1, 0.15) is 11.3 Å². The van der Waals surface area contributed by atoms with Crippen molar-refractivity contribution < 1.29 is 14.5 Å². The van der Waals surface area contributed by atoms with Crippen molar-refractivity contribution >= 4 is 17.3 Å². The zero-order valence-corrected chi connectivity index (χ0v) is 11.0. The molecule has 0 fully saturated rings. The predicted molar refractivity (Wildman–Crippen MR) is 74.7 cm³/mol. The van der Waals surface area contributed by atoms with Gasteiger partial charge in [-0.15, -0.1) is 0 Å². The summed E-state index contributed by atoms with van der Waals surface area (Å²) in [5.41, 5.74) is -0.658. The fraction of sp³-hybridized carbons (Fsp3) is 0.0769. The highest BCUT2D eigenvalue weighted by Gasteiger charge is 2.16. The molecule has 8 nitrogen and oxygen atoms in total. The number of nitrogens with one attached hydrogen (secondary N) is 2. The van der Waals surface area contributed by atoms with Gasteiger partial charge in [-0.25, -0.2) is 0 Å². The molecule has 0 saturated heterocycles. The molecule has 0 spiro atoms. The molecule has 1 aromatic carbocycles. The highest BCUT2D eigenvalue weighted by molar-refractivity contribution is 6.04. The van der Waals surface area contributed by atoms with Crippen LogP contribution < -0.4 is 15.5 Å². The van der Waals surface area contributed by atoms with Crippen molar-refractivity contribution in [2.24, 2.45) is 0 Å². The van der Waals surface area contributed by atoms with Crippen LogP contribution in [0.5, 0.6) is 5.75 Å². The zero-order valence-electron chi connectivity index (χ0n) is 11.0. The van der Waals surface area contributed by atoms with E-state index in [1.807, 2.05) is 0 Å². The van der Waals surface area contributed by atoms with Crippen molar-refractivity contribution in [3.63, 3.8) is 0 Å². The number of ether oxygens (including phenoxy) is 1. The van der Waals surface area contributed by atoms with E-state index in [0.717, 1.165) is 6.07 Å². The van der Waals surface area contributed by atoms with E-state index in [4.69, 9.17) is 4.74 Å². The van der Waals surface area contributed by atoms with E-state index < -0.39 is 16.3 Å². The normalized spacial score (nSPS) is 9.95. The van der Waals surface area contributed by atoms with Crippen molar-refractivity contribution in [2.45, 2.75) is 0 Å². The minimum Gasteiger partial charge on any atom is -0.495 e. The predicted octanol–water partition coefficient (Wildman–Crippen LogP) is 1.54. The molecule has 0 aliphatic carbocycles. The molecule has 0 aliphatic rings. The summed E-state index contributed by atoms with van der Waals surface area (Å²) < 4.78 is 5.02. The van der Waals surface area contributed by atoms with E-state index in [1.165, 1.54) is 37.7 Å². The Morgan fingerprint density at radius 1 is 1.38 bits per heavy atom. The number of carbonyl (C=O) groups is 1. The Morgan fingerprint density at radius 2 is 2.14 bits per heavy atom. The quantitative estimate of drug-likeness (QED) is 0.654. The summed E-state index contributed by atoms with van der Waals surface area (Å²) in [7, 11) is 1.37. The third kappa shape index (κ3) is 3.06. The second-order valence-corrected chi connectivity index (χ2v) is 4.02. The number of aromatic amines is 1. The van der Waals surface area contributed by atoms with E-state index in [1.54, 1.807) is 0 Å². The first kappa shape index (κ1) is 14.3. The molecule has 21 heavy (non-hydrogen) atoms. The summed E-state index contributed by atoms with van der Waals surface area (Å²) in [4.78, 5) is 36.4. The summed E-state index contributed by atoms with van der Waals surface area (Å²) >= 11 is 0. The lowest BCUT2D eigenvalue weighted by Crippen LogP contribution is -2.21. The lowest BCUT2D eigenvalue weighted by molar-refractivity contribution is -0.384. The lowest BCUT2D eigenvalue weighted by Gasteiger charge is -2.09. The number of nitro groups is 1. The standard InChI is InChI=1S/C13H11N3O5/c1-21-12-3-2-8(16(19)20)6-10(12)15-13(18)9-7-14-5-4-11(9)17/h2-7H,1H3,(H,14,17)(H,15,18). The summed E-state index contributed by atoms with van der Waals surface area (Å²) in [5, 5.41) is 13.2. The fourth-order valence-electron chi connectivity index (χ4n) is 1.69. The van der Waals surface area contributed by atoms with Gasteiger partial charge in [-0.3, -0.25) is 19.7 Å². The smallest absolute Gasteiger partial charge is 0.271 e. The number of hydrogen-bond donors (Lipinski definition) is 2. The molecule has 0 unspecified atom stereocenters. The Hall–Kier alpha value is -3.16. The minimum atomic E-state index is -0.685. The van der Waals surface area contributed by atoms with Gasteiger partial charge in [0.25, 0.3) is 11.6 Å². The molecule has 0 saturated carbocycles. The maximum Gasteiger partial charge on any atom is 0.271 e. The van der Waals surface area contributed by atoms with Crippen LogP contribution in [0.15, 0.2) is 41.5 Å². The average Bonchev–Trinajstić information content (AvgIpc) is 2.47. The molecular weight excluding hydrogens is 278 g/mol. The summed E-state index contributed by atoms with van der Waals surface area (Å²) in [5.74, 6) is -0.433. The molecule has 2 rings (SSSR count). The van der Waals surface area contributed by atoms with Gasteiger partial charge in [-0.1, -0.05) is 0 Å². The van der Waals surface area contributed by atoms with Crippen LogP contribution in [0.4, 0.5) is 11.4 Å². The highest BCUT2D eigenvalue weighted by Crippen LogP contribution is 2.29. The minimum absolute atomic E-state index is 0.106. The second-order valence-electron chi connectivity index (χ2n) is 4.02. The van der Waals surface area contributed by atoms with Crippen molar-refractivity contribution in [2.75, 3.05) is 12.4 Å². The highest BCUT2D eigenvalue weighted by atomic mass is 16.6. The number of pyridine rings is 1. The molecule has 1 aromatic heterocycles. The number of hydrogen-bond acceptors (Lipinski definition) is 5. The summed E-state index contributed by atoms with van der Waals surface area (Å²) in [6.45, 7) is 0. The second kappa shape index (κ2) is 5.87. The van der Waals surface area contributed by atoms with Gasteiger partial charge in [-0.2, -0.15) is 0 Å². The number of amides is 1. The van der Waals surface area contributed by atoms with Crippen LogP contribution in [0.3, 0.4) is 0 Å². The Kier molecular flexibility index (Phi) is 3.98. The number of aromatic nitrogens is 1. The van der Waals surface area contributed by atoms with E-state index in [9.17, 15) is 19.7 Å². The van der Waals surface area contributed by atoms with Gasteiger partial charge in [0.15, 0.2) is 5.43 Å². The van der Waals surface area contributed by atoms with Crippen LogP contribution in [-0.4, -0.2) is 22.9 Å². The van der Waals surface area contributed by atoms with Gasteiger partial charge >= 0.3 is 0 Å². The maximum atomic E-state index is 12.0. The Labute approximate surface area is 118 Å². The first-order valence-corrected chi connectivity index (χ1v) is 5.84. The molecule has 1 heterocycles. The van der Waals surface area contributed by atoms with E-state index in [0.29, 0.717) is 0 Å². The zero-order chi connectivity index (χ0) is 15.4. The third-order valence-corrected chi connectivity index (χ3v) is 2.71. The molecular formula is C13H11N3O5. The first-order valence-electron chi connectivity index (χ1n) is 5.84. The Morgan fingerprint density at radius 3 is 2.76 bits per heavy atom. The first-order chi connectivity index (χ1) is 10.0. The van der Waals surface area contributed by atoms with Crippen LogP contribution in [0.2, 0.25) is 0 Å². The summed E-state index contributed by atoms with van der Waals surface area (Å²) in [6, 6.07) is 4.99. The molecule has 0 bridgehead atoms. The molecule has 2 N–H and O–H groups in total. The van der Waals surface area contributed by atoms with Crippen LogP contribution in [0.25, 0.3) is 0 Å². The van der Waals surface area contributed by atoms with E-state index in [-0.39, 0.29) is 22.7 Å². The summed E-state index contributed by atoms with van der Waals surface area (Å²) in [6.07, 6.45) is 2.65. The molecule has 2 aromatic rings. The monoisotopic (exact) mass is 289 g/mol. The maximum absolute atomic E-state index is 12.0. The molecule has 0 radical (unpaired) electrons. The van der Waals surface area contributed by atoms with Crippen molar-refractivity contribution in [1.82, 2.24) is 4.98 Å². The van der Waals surface area contributed by atoms with Crippen LogP contribution in [-0.2, 0) is 0 Å². The number of methoxy groups -OCH3 is 1. The van der Waals surface area contributed by atoms with Crippen molar-refractivity contribution in [3.8, 4) is 5.75 Å². The van der Waals surface area contributed by atoms with E-state index >= 15 is 0 Å². The fourth-order valence-corrected chi connectivity index (χ4v) is 1.69. The number of carbonyl (C=O) groups excluding carboxylic acids is 1. The molecule has 0 atom stereocenters. The van der Waals surface area contributed by atoms with E-state index in [2.05, 4.69) is 10.3 Å². The number of nitrogens with zero attached hydrogens (tertiary/aromatic N) is 1. The number of H-pyrrole nitrogens is 1. The number of benzene rings is 1. The number of rotatable bonds is 4. The third-order valence-electron chi connectivity index (χ3n) is 2.71. The van der Waals surface area contributed by atoms with Crippen molar-refractivity contribution in [3.05, 3.63) is 62.6 Å². The van der Waals surface area contributed by atoms with Gasteiger partial charge in [0, 0.05) is 30.6 Å². The molecule has 8 heteroatoms. The lowest BCUT2D eigenvalue weighted by atomic mass is 10.2. The molecule has 1 amide bonds. The number of non-ortho nitro benzene ring substituents is 1. The van der Waals surface area contributed by atoms with Crippen molar-refractivity contribution in [1.29, 1.82) is 0 Å². The largest absolute Gasteiger partial charge is 0.495 e. The molecule has 0 aliphatic heterocycles. The number of anilines is 1. The SMILES string of the molecule is COc1ccc([N+](=O)[O-])cc1NC(=O)c1c[nH]ccc1=O. The Balaban J connectivity index is 2.36. The Bertz CT molecular complexity index is 753. The average molecular weight is 289 g/mol. The van der Waals surface area contributed by atoms with Gasteiger partial charge in [0.05, 0.1) is 17.7 Å². The van der Waals surface area contributed by atoms with Crippen LogP contribution in [0.1, 0.15) is 10.4 Å². The van der Waals surface area contributed by atoms with Crippen LogP contribution in [0, 0.1) is 10.1 Å². The van der Waals surface area contributed by atoms with Gasteiger partial charge in [0.2, 0.25) is 0 Å². The van der Waals surface area contributed by atoms with Gasteiger partial charge < -0.3 is 15.0 Å². The van der Waals surface area contributed by atoms with Crippen LogP contribution >= 0.6 is 0 Å². The number of nitro benzene ring substituents is 1. The van der Waals surface area contributed by atoms with Gasteiger partial charge in [-0.05, 0) is 6.07 Å². The topological polar surface area (TPSA) is 114 Å².